The first-order chi connectivity index (χ1) is 8.40. The van der Waals surface area contributed by atoms with Crippen molar-refractivity contribution in [1.29, 1.82) is 0 Å². The Labute approximate surface area is 104 Å². The van der Waals surface area contributed by atoms with E-state index < -0.39 is 0 Å². The number of ether oxygens (including phenoxy) is 1. The van der Waals surface area contributed by atoms with Gasteiger partial charge < -0.3 is 4.74 Å². The van der Waals surface area contributed by atoms with Crippen molar-refractivity contribution < 1.29 is 4.74 Å². The molecule has 1 unspecified atom stereocenters. The van der Waals surface area contributed by atoms with Gasteiger partial charge in [-0.15, -0.1) is 11.3 Å². The lowest BCUT2D eigenvalue weighted by Gasteiger charge is -2.23. The Hall–Kier alpha value is -1.23. The van der Waals surface area contributed by atoms with Crippen molar-refractivity contribution in [3.63, 3.8) is 0 Å². The molecule has 1 atom stereocenters. The molecule has 3 nitrogen and oxygen atoms in total. The van der Waals surface area contributed by atoms with E-state index in [2.05, 4.69) is 16.4 Å². The molecule has 0 amide bonds. The van der Waals surface area contributed by atoms with E-state index in [9.17, 15) is 0 Å². The summed E-state index contributed by atoms with van der Waals surface area (Å²) in [5.74, 6) is 0. The van der Waals surface area contributed by atoms with Crippen LogP contribution in [0.4, 0.5) is 0 Å². The maximum atomic E-state index is 7.59. The fraction of sp³-hybridized carbons (Fsp3) is 0.308. The van der Waals surface area contributed by atoms with E-state index in [1.54, 1.807) is 17.5 Å². The zero-order valence-corrected chi connectivity index (χ0v) is 10.2. The van der Waals surface area contributed by atoms with Crippen molar-refractivity contribution in [3.05, 3.63) is 40.3 Å². The molecule has 0 aliphatic carbocycles. The minimum Gasteiger partial charge on any atom is -0.372 e. The molecule has 0 bridgehead atoms. The van der Waals surface area contributed by atoms with Gasteiger partial charge in [0.15, 0.2) is 0 Å². The lowest BCUT2D eigenvalue weighted by molar-refractivity contribution is 0.0491. The van der Waals surface area contributed by atoms with Crippen LogP contribution >= 0.6 is 11.3 Å². The highest BCUT2D eigenvalue weighted by Gasteiger charge is 2.25. The SMILES string of the molecule is [NH]CC1OCCc2scc(-c3cccnc3)c21. The zero-order chi connectivity index (χ0) is 11.7. The molecule has 0 aromatic carbocycles. The van der Waals surface area contributed by atoms with Crippen LogP contribution in [0.15, 0.2) is 29.9 Å². The van der Waals surface area contributed by atoms with Gasteiger partial charge in [-0.3, -0.25) is 10.7 Å². The Morgan fingerprint density at radius 2 is 2.47 bits per heavy atom. The van der Waals surface area contributed by atoms with Gasteiger partial charge in [0.25, 0.3) is 0 Å². The molecule has 3 rings (SSSR count). The predicted octanol–water partition coefficient (Wildman–Crippen LogP) is 2.71. The Morgan fingerprint density at radius 3 is 3.24 bits per heavy atom. The van der Waals surface area contributed by atoms with Crippen LogP contribution in [-0.4, -0.2) is 18.1 Å². The van der Waals surface area contributed by atoms with Gasteiger partial charge in [-0.2, -0.15) is 0 Å². The average Bonchev–Trinajstić information content (AvgIpc) is 2.83. The van der Waals surface area contributed by atoms with E-state index in [0.717, 1.165) is 18.6 Å². The van der Waals surface area contributed by atoms with Gasteiger partial charge in [0.05, 0.1) is 12.7 Å². The maximum Gasteiger partial charge on any atom is 0.0980 e. The third-order valence-electron chi connectivity index (χ3n) is 3.04. The first-order valence-corrected chi connectivity index (χ1v) is 6.55. The molecule has 87 valence electrons. The molecular formula is C13H13N2OS. The zero-order valence-electron chi connectivity index (χ0n) is 9.35. The average molecular weight is 245 g/mol. The fourth-order valence-corrected chi connectivity index (χ4v) is 3.33. The maximum absolute atomic E-state index is 7.59. The van der Waals surface area contributed by atoms with Gasteiger partial charge in [0.2, 0.25) is 0 Å². The second kappa shape index (κ2) is 4.56. The van der Waals surface area contributed by atoms with Crippen molar-refractivity contribution >= 4 is 11.3 Å². The first-order valence-electron chi connectivity index (χ1n) is 5.67. The summed E-state index contributed by atoms with van der Waals surface area (Å²) in [5.41, 5.74) is 11.1. The fourth-order valence-electron chi connectivity index (χ4n) is 2.24. The molecule has 0 spiro atoms. The number of pyridine rings is 1. The van der Waals surface area contributed by atoms with E-state index in [0.29, 0.717) is 0 Å². The molecule has 2 aromatic rings. The Bertz CT molecular complexity index is 509. The van der Waals surface area contributed by atoms with Crippen LogP contribution in [0.3, 0.4) is 0 Å². The highest BCUT2D eigenvalue weighted by molar-refractivity contribution is 7.10. The second-order valence-corrected chi connectivity index (χ2v) is 5.01. The van der Waals surface area contributed by atoms with Crippen molar-refractivity contribution in [3.8, 4) is 11.1 Å². The lowest BCUT2D eigenvalue weighted by atomic mass is 9.97. The summed E-state index contributed by atoms with van der Waals surface area (Å²) in [4.78, 5) is 5.53. The molecule has 1 aliphatic heterocycles. The Morgan fingerprint density at radius 1 is 1.53 bits per heavy atom. The van der Waals surface area contributed by atoms with Crippen molar-refractivity contribution in [1.82, 2.24) is 10.7 Å². The first kappa shape index (κ1) is 10.9. The third kappa shape index (κ3) is 1.88. The minimum absolute atomic E-state index is 0.0693. The van der Waals surface area contributed by atoms with Crippen LogP contribution in [0.1, 0.15) is 16.5 Å². The smallest absolute Gasteiger partial charge is 0.0980 e. The summed E-state index contributed by atoms with van der Waals surface area (Å²) in [7, 11) is 0. The number of hydrogen-bond donors (Lipinski definition) is 0. The normalized spacial score (nSPS) is 19.0. The molecule has 1 aliphatic rings. The number of aromatic nitrogens is 1. The molecule has 0 fully saturated rings. The van der Waals surface area contributed by atoms with E-state index in [4.69, 9.17) is 10.5 Å². The Balaban J connectivity index is 2.10. The topological polar surface area (TPSA) is 45.9 Å². The Kier molecular flexibility index (Phi) is 2.93. The number of nitrogens with one attached hydrogen (secondary N) is 1. The number of nitrogens with zero attached hydrogens (tertiary/aromatic N) is 1. The van der Waals surface area contributed by atoms with Gasteiger partial charge in [-0.05, 0) is 11.4 Å². The van der Waals surface area contributed by atoms with Crippen LogP contribution in [-0.2, 0) is 11.2 Å². The molecule has 3 heterocycles. The molecular weight excluding hydrogens is 232 g/mol. The van der Waals surface area contributed by atoms with Crippen molar-refractivity contribution in [2.75, 3.05) is 13.2 Å². The number of hydrogen-bond acceptors (Lipinski definition) is 3. The quantitative estimate of drug-likeness (QED) is 0.816. The summed E-state index contributed by atoms with van der Waals surface area (Å²) >= 11 is 1.77. The van der Waals surface area contributed by atoms with Gasteiger partial charge in [-0.1, -0.05) is 6.07 Å². The number of thiophene rings is 1. The number of rotatable bonds is 2. The molecule has 4 heteroatoms. The van der Waals surface area contributed by atoms with Crippen LogP contribution in [0, 0.1) is 0 Å². The standard InChI is InChI=1S/C13H13N2OS/c14-6-11-13-10(9-2-1-4-15-7-9)8-17-12(13)3-5-16-11/h1-2,4,7-8,11,14H,3,5-6H2. The van der Waals surface area contributed by atoms with Crippen molar-refractivity contribution in [2.24, 2.45) is 0 Å². The van der Waals surface area contributed by atoms with Crippen LogP contribution in [0.5, 0.6) is 0 Å². The van der Waals surface area contributed by atoms with Gasteiger partial charge in [0, 0.05) is 46.9 Å². The summed E-state index contributed by atoms with van der Waals surface area (Å²) < 4.78 is 5.67. The molecule has 0 saturated carbocycles. The van der Waals surface area contributed by atoms with E-state index in [-0.39, 0.29) is 12.6 Å². The van der Waals surface area contributed by atoms with Gasteiger partial charge >= 0.3 is 0 Å². The van der Waals surface area contributed by atoms with Gasteiger partial charge in [-0.25, -0.2) is 0 Å². The molecule has 17 heavy (non-hydrogen) atoms. The van der Waals surface area contributed by atoms with E-state index in [1.165, 1.54) is 16.0 Å². The molecule has 2 aromatic heterocycles. The minimum atomic E-state index is -0.0693. The van der Waals surface area contributed by atoms with Crippen molar-refractivity contribution in [2.45, 2.75) is 12.5 Å². The summed E-state index contributed by atoms with van der Waals surface area (Å²) in [6.45, 7) is 1.03. The largest absolute Gasteiger partial charge is 0.372 e. The number of fused-ring (bicyclic) bond motifs is 1. The summed E-state index contributed by atoms with van der Waals surface area (Å²) in [5, 5.41) is 2.17. The van der Waals surface area contributed by atoms with E-state index >= 15 is 0 Å². The van der Waals surface area contributed by atoms with E-state index in [1.807, 2.05) is 12.3 Å². The predicted molar refractivity (Wildman–Crippen MR) is 67.9 cm³/mol. The monoisotopic (exact) mass is 245 g/mol. The molecule has 1 N–H and O–H groups in total. The highest BCUT2D eigenvalue weighted by Crippen LogP contribution is 2.39. The second-order valence-electron chi connectivity index (χ2n) is 4.04. The molecule has 0 saturated heterocycles. The van der Waals surface area contributed by atoms with Crippen LogP contribution < -0.4 is 5.73 Å². The highest BCUT2D eigenvalue weighted by atomic mass is 32.1. The lowest BCUT2D eigenvalue weighted by Crippen LogP contribution is -2.18. The van der Waals surface area contributed by atoms with Crippen LogP contribution in [0.25, 0.3) is 11.1 Å². The summed E-state index contributed by atoms with van der Waals surface area (Å²) in [6, 6.07) is 4.00. The third-order valence-corrected chi connectivity index (χ3v) is 4.10. The molecule has 1 radical (unpaired) electrons. The van der Waals surface area contributed by atoms with Gasteiger partial charge in [0.1, 0.15) is 0 Å². The summed E-state index contributed by atoms with van der Waals surface area (Å²) in [6.07, 6.45) is 4.55. The van der Waals surface area contributed by atoms with Crippen LogP contribution in [0.2, 0.25) is 0 Å².